The summed E-state index contributed by atoms with van der Waals surface area (Å²) in [5.41, 5.74) is 0. The van der Waals surface area contributed by atoms with Crippen LogP contribution in [-0.4, -0.2) is 49.8 Å². The van der Waals surface area contributed by atoms with Crippen molar-refractivity contribution in [3.05, 3.63) is 17.0 Å². The van der Waals surface area contributed by atoms with E-state index in [1.165, 1.54) is 19.2 Å². The minimum absolute atomic E-state index is 0.0320. The van der Waals surface area contributed by atoms with E-state index in [0.29, 0.717) is 11.4 Å². The number of carbonyl (C=O) groups is 2. The molecule has 0 aliphatic heterocycles. The Balaban J connectivity index is 2.77. The number of likely N-dealkylation sites (N-methyl/N-ethyl adjacent to an activating group) is 1. The summed E-state index contributed by atoms with van der Waals surface area (Å²) in [6.45, 7) is 2.12. The molecule has 0 bridgehead atoms. The monoisotopic (exact) mass is 334 g/mol. The summed E-state index contributed by atoms with van der Waals surface area (Å²) in [7, 11) is -2.46. The third kappa shape index (κ3) is 5.10. The van der Waals surface area contributed by atoms with Gasteiger partial charge in [-0.2, -0.15) is 4.31 Å². The van der Waals surface area contributed by atoms with Gasteiger partial charge >= 0.3 is 5.97 Å². The summed E-state index contributed by atoms with van der Waals surface area (Å²) in [4.78, 5) is 22.6. The molecule has 0 aromatic carbocycles. The molecule has 0 aliphatic carbocycles. The summed E-state index contributed by atoms with van der Waals surface area (Å²) in [6, 6.07) is 2.83. The number of hydrogen-bond acceptors (Lipinski definition) is 5. The van der Waals surface area contributed by atoms with Gasteiger partial charge in [0.15, 0.2) is 0 Å². The van der Waals surface area contributed by atoms with E-state index in [0.717, 1.165) is 22.1 Å². The number of carboxylic acids is 1. The van der Waals surface area contributed by atoms with Gasteiger partial charge in [-0.05, 0) is 18.6 Å². The van der Waals surface area contributed by atoms with E-state index in [4.69, 9.17) is 5.11 Å². The molecule has 118 valence electrons. The molecular weight excluding hydrogens is 316 g/mol. The average molecular weight is 334 g/mol. The molecule has 9 heteroatoms. The van der Waals surface area contributed by atoms with Crippen molar-refractivity contribution in [2.45, 2.75) is 24.0 Å². The first kappa shape index (κ1) is 17.6. The Morgan fingerprint density at radius 3 is 2.62 bits per heavy atom. The van der Waals surface area contributed by atoms with E-state index >= 15 is 0 Å². The van der Waals surface area contributed by atoms with Crippen LogP contribution in [0.25, 0.3) is 0 Å². The lowest BCUT2D eigenvalue weighted by molar-refractivity contribution is -0.136. The second kappa shape index (κ2) is 7.53. The van der Waals surface area contributed by atoms with Crippen LogP contribution in [0, 0.1) is 0 Å². The maximum atomic E-state index is 12.2. The predicted octanol–water partition coefficient (Wildman–Crippen LogP) is 0.522. The molecule has 0 unspecified atom stereocenters. The van der Waals surface area contributed by atoms with Gasteiger partial charge < -0.3 is 10.4 Å². The van der Waals surface area contributed by atoms with Gasteiger partial charge in [0.05, 0.1) is 13.0 Å². The summed E-state index contributed by atoms with van der Waals surface area (Å²) in [5, 5.41) is 11.3. The summed E-state index contributed by atoms with van der Waals surface area (Å²) in [6.07, 6.45) is 0.548. The fourth-order valence-electron chi connectivity index (χ4n) is 1.50. The van der Waals surface area contributed by atoms with Crippen molar-refractivity contribution < 1.29 is 23.1 Å². The largest absolute Gasteiger partial charge is 0.481 e. The standard InChI is InChI=1S/C12H18N2O5S2/c1-3-6-13-10(15)8-14(2)21(18,19)12-5-4-9(20-12)7-11(16)17/h4-5H,3,6-8H2,1-2H3,(H,13,15)(H,16,17). The van der Waals surface area contributed by atoms with E-state index < -0.39 is 16.0 Å². The van der Waals surface area contributed by atoms with Crippen LogP contribution < -0.4 is 5.32 Å². The van der Waals surface area contributed by atoms with Crippen molar-refractivity contribution in [3.63, 3.8) is 0 Å². The lowest BCUT2D eigenvalue weighted by atomic mass is 10.3. The highest BCUT2D eigenvalue weighted by Crippen LogP contribution is 2.24. The first-order valence-electron chi connectivity index (χ1n) is 6.31. The summed E-state index contributed by atoms with van der Waals surface area (Å²) < 4.78 is 25.5. The van der Waals surface area contributed by atoms with Crippen molar-refractivity contribution in [2.75, 3.05) is 20.1 Å². The number of hydrogen-bond donors (Lipinski definition) is 2. The number of nitrogens with zero attached hydrogens (tertiary/aromatic N) is 1. The lowest BCUT2D eigenvalue weighted by Crippen LogP contribution is -2.38. The van der Waals surface area contributed by atoms with Gasteiger partial charge in [-0.1, -0.05) is 6.92 Å². The van der Waals surface area contributed by atoms with E-state index in [2.05, 4.69) is 5.32 Å². The third-order valence-corrected chi connectivity index (χ3v) is 5.92. The van der Waals surface area contributed by atoms with Crippen LogP contribution in [-0.2, 0) is 26.0 Å². The first-order chi connectivity index (χ1) is 9.77. The molecule has 0 radical (unpaired) electrons. The van der Waals surface area contributed by atoms with Gasteiger partial charge in [-0.15, -0.1) is 11.3 Å². The van der Waals surface area contributed by atoms with Gasteiger partial charge in [0.25, 0.3) is 10.0 Å². The zero-order valence-corrected chi connectivity index (χ0v) is 13.5. The van der Waals surface area contributed by atoms with Crippen LogP contribution in [0.2, 0.25) is 0 Å². The van der Waals surface area contributed by atoms with Gasteiger partial charge in [-0.3, -0.25) is 9.59 Å². The number of aliphatic carboxylic acids is 1. The normalized spacial score (nSPS) is 11.6. The summed E-state index contributed by atoms with van der Waals surface area (Å²) in [5.74, 6) is -1.39. The molecule has 0 fully saturated rings. The van der Waals surface area contributed by atoms with Crippen molar-refractivity contribution in [1.82, 2.24) is 9.62 Å². The number of rotatable bonds is 8. The number of carboxylic acid groups (broad SMARTS) is 1. The van der Waals surface area contributed by atoms with Crippen LogP contribution in [0.15, 0.2) is 16.3 Å². The number of amides is 1. The number of nitrogens with one attached hydrogen (secondary N) is 1. The van der Waals surface area contributed by atoms with Gasteiger partial charge in [0.1, 0.15) is 4.21 Å². The second-order valence-electron chi connectivity index (χ2n) is 4.40. The van der Waals surface area contributed by atoms with Crippen molar-refractivity contribution >= 4 is 33.2 Å². The van der Waals surface area contributed by atoms with E-state index in [1.54, 1.807) is 0 Å². The molecule has 0 spiro atoms. The van der Waals surface area contributed by atoms with Crippen molar-refractivity contribution in [1.29, 1.82) is 0 Å². The molecule has 0 saturated carbocycles. The van der Waals surface area contributed by atoms with Crippen LogP contribution >= 0.6 is 11.3 Å². The molecular formula is C12H18N2O5S2. The quantitative estimate of drug-likeness (QED) is 0.721. The first-order valence-corrected chi connectivity index (χ1v) is 8.56. The van der Waals surface area contributed by atoms with Crippen molar-refractivity contribution in [2.24, 2.45) is 0 Å². The van der Waals surface area contributed by atoms with Crippen LogP contribution in [0.5, 0.6) is 0 Å². The number of carbonyl (C=O) groups excluding carboxylic acids is 1. The van der Waals surface area contributed by atoms with E-state index in [9.17, 15) is 18.0 Å². The molecule has 0 aliphatic rings. The Kier molecular flexibility index (Phi) is 6.31. The molecule has 1 heterocycles. The molecule has 7 nitrogen and oxygen atoms in total. The highest BCUT2D eigenvalue weighted by Gasteiger charge is 2.24. The highest BCUT2D eigenvalue weighted by atomic mass is 32.2. The van der Waals surface area contributed by atoms with Gasteiger partial charge in [0, 0.05) is 18.5 Å². The number of thiophene rings is 1. The van der Waals surface area contributed by atoms with Crippen LogP contribution in [0.4, 0.5) is 0 Å². The SMILES string of the molecule is CCCNC(=O)CN(C)S(=O)(=O)c1ccc(CC(=O)O)s1. The molecule has 2 N–H and O–H groups in total. The van der Waals surface area contributed by atoms with Gasteiger partial charge in [0.2, 0.25) is 5.91 Å². The highest BCUT2D eigenvalue weighted by molar-refractivity contribution is 7.91. The van der Waals surface area contributed by atoms with Gasteiger partial charge in [-0.25, -0.2) is 8.42 Å². The molecule has 1 rings (SSSR count). The molecule has 21 heavy (non-hydrogen) atoms. The number of sulfonamides is 1. The fourth-order valence-corrected chi connectivity index (χ4v) is 4.19. The maximum absolute atomic E-state index is 12.2. The maximum Gasteiger partial charge on any atom is 0.308 e. The Hall–Kier alpha value is -1.45. The zero-order chi connectivity index (χ0) is 16.0. The average Bonchev–Trinajstić information content (AvgIpc) is 2.84. The van der Waals surface area contributed by atoms with Crippen LogP contribution in [0.1, 0.15) is 18.2 Å². The molecule has 1 aromatic rings. The molecule has 1 amide bonds. The minimum Gasteiger partial charge on any atom is -0.481 e. The minimum atomic E-state index is -3.78. The van der Waals surface area contributed by atoms with Crippen molar-refractivity contribution in [3.8, 4) is 0 Å². The topological polar surface area (TPSA) is 104 Å². The molecule has 0 saturated heterocycles. The Morgan fingerprint density at radius 1 is 1.38 bits per heavy atom. The third-order valence-electron chi connectivity index (χ3n) is 2.57. The molecule has 0 atom stereocenters. The van der Waals surface area contributed by atoms with Crippen LogP contribution in [0.3, 0.4) is 0 Å². The predicted molar refractivity (Wildman–Crippen MR) is 78.8 cm³/mol. The molecule has 1 aromatic heterocycles. The summed E-state index contributed by atoms with van der Waals surface area (Å²) >= 11 is 0.899. The Morgan fingerprint density at radius 2 is 2.05 bits per heavy atom. The zero-order valence-electron chi connectivity index (χ0n) is 11.8. The lowest BCUT2D eigenvalue weighted by Gasteiger charge is -2.15. The Labute approximate surface area is 127 Å². The Bertz CT molecular complexity index is 609. The van der Waals surface area contributed by atoms with E-state index in [-0.39, 0.29) is 23.1 Å². The second-order valence-corrected chi connectivity index (χ2v) is 7.84. The smallest absolute Gasteiger partial charge is 0.308 e. The fraction of sp³-hybridized carbons (Fsp3) is 0.500. The van der Waals surface area contributed by atoms with E-state index in [1.807, 2.05) is 6.92 Å².